The fourth-order valence-corrected chi connectivity index (χ4v) is 1.85. The molecule has 0 spiro atoms. The van der Waals surface area contributed by atoms with Crippen LogP contribution in [0.2, 0.25) is 5.02 Å². The lowest BCUT2D eigenvalue weighted by molar-refractivity contribution is 0.593. The van der Waals surface area contributed by atoms with Gasteiger partial charge in [0.25, 0.3) is 0 Å². The molecule has 0 aliphatic carbocycles. The third-order valence-corrected chi connectivity index (χ3v) is 3.96. The molecule has 0 aliphatic rings. The molecule has 1 rings (SSSR count). The van der Waals surface area contributed by atoms with Gasteiger partial charge in [-0.2, -0.15) is 5.26 Å². The highest BCUT2D eigenvalue weighted by Gasteiger charge is 2.17. The molecule has 0 heterocycles. The van der Waals surface area contributed by atoms with E-state index in [9.17, 15) is 8.42 Å². The van der Waals surface area contributed by atoms with Gasteiger partial charge in [-0.15, -0.1) is 0 Å². The quantitative estimate of drug-likeness (QED) is 0.905. The van der Waals surface area contributed by atoms with Gasteiger partial charge in [-0.05, 0) is 32.0 Å². The number of hydrogen-bond donors (Lipinski definition) is 1. The lowest BCUT2D eigenvalue weighted by atomic mass is 10.2. The van der Waals surface area contributed by atoms with Crippen LogP contribution in [0.4, 0.5) is 5.69 Å². The number of halogens is 1. The summed E-state index contributed by atoms with van der Waals surface area (Å²) < 4.78 is 25.6. The standard InChI is InChI=1S/C10H11ClN2O2S/c1-7(2)16(14,15)13-10-5-9(11)4-3-8(10)6-12/h3-5,7,13H,1-2H3. The average Bonchev–Trinajstić information content (AvgIpc) is 2.17. The molecule has 0 fully saturated rings. The second-order valence-corrected chi connectivity index (χ2v) is 6.17. The molecule has 86 valence electrons. The molecule has 0 bridgehead atoms. The molecule has 0 saturated heterocycles. The summed E-state index contributed by atoms with van der Waals surface area (Å²) in [6.45, 7) is 3.11. The zero-order chi connectivity index (χ0) is 12.3. The van der Waals surface area contributed by atoms with E-state index < -0.39 is 15.3 Å². The van der Waals surface area contributed by atoms with Crippen molar-refractivity contribution in [3.63, 3.8) is 0 Å². The van der Waals surface area contributed by atoms with E-state index in [1.165, 1.54) is 18.2 Å². The molecule has 6 heteroatoms. The monoisotopic (exact) mass is 258 g/mol. The van der Waals surface area contributed by atoms with Crippen LogP contribution in [0.1, 0.15) is 19.4 Å². The van der Waals surface area contributed by atoms with Crippen molar-refractivity contribution >= 4 is 27.3 Å². The molecule has 0 unspecified atom stereocenters. The molecule has 1 N–H and O–H groups in total. The van der Waals surface area contributed by atoms with Crippen molar-refractivity contribution < 1.29 is 8.42 Å². The number of sulfonamides is 1. The van der Waals surface area contributed by atoms with Crippen LogP contribution >= 0.6 is 11.6 Å². The summed E-state index contributed by atoms with van der Waals surface area (Å²) in [5.41, 5.74) is 0.456. The van der Waals surface area contributed by atoms with E-state index in [2.05, 4.69) is 4.72 Å². The lowest BCUT2D eigenvalue weighted by Crippen LogP contribution is -2.22. The first-order valence-corrected chi connectivity index (χ1v) is 6.50. The van der Waals surface area contributed by atoms with E-state index in [0.717, 1.165) is 0 Å². The van der Waals surface area contributed by atoms with E-state index in [1.54, 1.807) is 13.8 Å². The number of nitriles is 1. The van der Waals surface area contributed by atoms with Gasteiger partial charge in [0.1, 0.15) is 6.07 Å². The molecule has 0 amide bonds. The largest absolute Gasteiger partial charge is 0.282 e. The smallest absolute Gasteiger partial charge is 0.235 e. The van der Waals surface area contributed by atoms with Crippen molar-refractivity contribution in [2.45, 2.75) is 19.1 Å². The highest BCUT2D eigenvalue weighted by molar-refractivity contribution is 7.93. The second-order valence-electron chi connectivity index (χ2n) is 3.50. The number of nitrogens with one attached hydrogen (secondary N) is 1. The van der Waals surface area contributed by atoms with Gasteiger partial charge in [-0.3, -0.25) is 4.72 Å². The van der Waals surface area contributed by atoms with Crippen molar-refractivity contribution in [3.05, 3.63) is 28.8 Å². The Bertz CT molecular complexity index is 532. The topological polar surface area (TPSA) is 70.0 Å². The molecule has 0 aliphatic heterocycles. The minimum Gasteiger partial charge on any atom is -0.282 e. The minimum atomic E-state index is -3.46. The van der Waals surface area contributed by atoms with Crippen LogP contribution in [-0.4, -0.2) is 13.7 Å². The molecule has 0 aromatic heterocycles. The second kappa shape index (κ2) is 4.73. The van der Waals surface area contributed by atoms with Gasteiger partial charge in [0.15, 0.2) is 0 Å². The van der Waals surface area contributed by atoms with Crippen LogP contribution in [0.25, 0.3) is 0 Å². The van der Waals surface area contributed by atoms with Crippen LogP contribution in [0.5, 0.6) is 0 Å². The van der Waals surface area contributed by atoms with Gasteiger partial charge in [0, 0.05) is 5.02 Å². The summed E-state index contributed by atoms with van der Waals surface area (Å²) in [7, 11) is -3.46. The van der Waals surface area contributed by atoms with Gasteiger partial charge < -0.3 is 0 Å². The maximum absolute atomic E-state index is 11.6. The summed E-state index contributed by atoms with van der Waals surface area (Å²) >= 11 is 5.74. The van der Waals surface area contributed by atoms with Crippen molar-refractivity contribution in [2.24, 2.45) is 0 Å². The maximum atomic E-state index is 11.6. The molecular weight excluding hydrogens is 248 g/mol. The third kappa shape index (κ3) is 2.87. The van der Waals surface area contributed by atoms with E-state index in [1.807, 2.05) is 6.07 Å². The molecule has 4 nitrogen and oxygen atoms in total. The number of rotatable bonds is 3. The van der Waals surface area contributed by atoms with Crippen LogP contribution in [0, 0.1) is 11.3 Å². The first-order chi connectivity index (χ1) is 7.36. The molecule has 1 aromatic carbocycles. The predicted molar refractivity (Wildman–Crippen MR) is 63.8 cm³/mol. The average molecular weight is 259 g/mol. The van der Waals surface area contributed by atoms with Gasteiger partial charge in [-0.1, -0.05) is 11.6 Å². The Morgan fingerprint density at radius 1 is 1.44 bits per heavy atom. The fourth-order valence-electron chi connectivity index (χ4n) is 0.970. The first-order valence-electron chi connectivity index (χ1n) is 4.58. The van der Waals surface area contributed by atoms with Crippen molar-refractivity contribution in [1.82, 2.24) is 0 Å². The maximum Gasteiger partial charge on any atom is 0.235 e. The zero-order valence-corrected chi connectivity index (χ0v) is 10.4. The first kappa shape index (κ1) is 12.8. The molecule has 16 heavy (non-hydrogen) atoms. The Morgan fingerprint density at radius 3 is 2.56 bits per heavy atom. The summed E-state index contributed by atoms with van der Waals surface area (Å²) in [5, 5.41) is 8.62. The van der Waals surface area contributed by atoms with Crippen LogP contribution < -0.4 is 4.72 Å². The predicted octanol–water partition coefficient (Wildman–Crippen LogP) is 2.36. The summed E-state index contributed by atoms with van der Waals surface area (Å²) in [6, 6.07) is 6.32. The van der Waals surface area contributed by atoms with E-state index in [0.29, 0.717) is 5.02 Å². The van der Waals surface area contributed by atoms with Gasteiger partial charge >= 0.3 is 0 Å². The fraction of sp³-hybridized carbons (Fsp3) is 0.300. The number of hydrogen-bond acceptors (Lipinski definition) is 3. The number of anilines is 1. The van der Waals surface area contributed by atoms with Gasteiger partial charge in [0.05, 0.1) is 16.5 Å². The Labute approximate surface area is 99.9 Å². The number of benzene rings is 1. The van der Waals surface area contributed by atoms with Crippen LogP contribution in [-0.2, 0) is 10.0 Å². The van der Waals surface area contributed by atoms with E-state index >= 15 is 0 Å². The summed E-state index contributed by atoms with van der Waals surface area (Å²) in [6.07, 6.45) is 0. The van der Waals surface area contributed by atoms with Crippen molar-refractivity contribution in [1.29, 1.82) is 5.26 Å². The normalized spacial score (nSPS) is 11.2. The third-order valence-electron chi connectivity index (χ3n) is 1.97. The van der Waals surface area contributed by atoms with Gasteiger partial charge in [0.2, 0.25) is 10.0 Å². The Morgan fingerprint density at radius 2 is 2.06 bits per heavy atom. The zero-order valence-electron chi connectivity index (χ0n) is 8.86. The molecule has 0 atom stereocenters. The molecule has 1 aromatic rings. The molecular formula is C10H11ClN2O2S. The van der Waals surface area contributed by atoms with E-state index in [4.69, 9.17) is 16.9 Å². The van der Waals surface area contributed by atoms with Crippen molar-refractivity contribution in [3.8, 4) is 6.07 Å². The Hall–Kier alpha value is -1.25. The lowest BCUT2D eigenvalue weighted by Gasteiger charge is -2.11. The van der Waals surface area contributed by atoms with E-state index in [-0.39, 0.29) is 11.3 Å². The summed E-state index contributed by atoms with van der Waals surface area (Å²) in [4.78, 5) is 0. The Kier molecular flexibility index (Phi) is 3.79. The minimum absolute atomic E-state index is 0.212. The summed E-state index contributed by atoms with van der Waals surface area (Å²) in [5.74, 6) is 0. The Balaban J connectivity index is 3.16. The van der Waals surface area contributed by atoms with Crippen LogP contribution in [0.15, 0.2) is 18.2 Å². The highest BCUT2D eigenvalue weighted by Crippen LogP contribution is 2.22. The number of nitrogens with zero attached hydrogens (tertiary/aromatic N) is 1. The molecule has 0 saturated carbocycles. The van der Waals surface area contributed by atoms with Crippen molar-refractivity contribution in [2.75, 3.05) is 4.72 Å². The highest BCUT2D eigenvalue weighted by atomic mass is 35.5. The SMILES string of the molecule is CC(C)S(=O)(=O)Nc1cc(Cl)ccc1C#N. The molecule has 0 radical (unpaired) electrons. The van der Waals surface area contributed by atoms with Crippen LogP contribution in [0.3, 0.4) is 0 Å². The van der Waals surface area contributed by atoms with Gasteiger partial charge in [-0.25, -0.2) is 8.42 Å².